The van der Waals surface area contributed by atoms with Crippen LogP contribution in [0, 0.1) is 0 Å². The summed E-state index contributed by atoms with van der Waals surface area (Å²) in [5.41, 5.74) is 11.7. The van der Waals surface area contributed by atoms with Crippen LogP contribution < -0.4 is 9.47 Å². The molecule has 2 aromatic heterocycles. The van der Waals surface area contributed by atoms with E-state index in [9.17, 15) is 0 Å². The summed E-state index contributed by atoms with van der Waals surface area (Å²) in [6, 6.07) is 30.4. The fraction of sp³-hybridized carbons (Fsp3) is 0.111. The lowest BCUT2D eigenvalue weighted by atomic mass is 9.87. The monoisotopic (exact) mass is 550 g/mol. The average molecular weight is 551 g/mol. The van der Waals surface area contributed by atoms with Gasteiger partial charge in [-0.3, -0.25) is 0 Å². The molecule has 0 aliphatic heterocycles. The van der Waals surface area contributed by atoms with Crippen LogP contribution in [0.15, 0.2) is 122 Å². The van der Waals surface area contributed by atoms with E-state index in [0.29, 0.717) is 13.1 Å². The summed E-state index contributed by atoms with van der Waals surface area (Å²) in [6.45, 7) is 1.31. The molecule has 0 fully saturated rings. The van der Waals surface area contributed by atoms with Crippen molar-refractivity contribution in [2.75, 3.05) is 14.2 Å². The van der Waals surface area contributed by atoms with Crippen molar-refractivity contribution < 1.29 is 9.47 Å². The third-order valence-corrected chi connectivity index (χ3v) is 7.90. The number of benzene rings is 4. The third-order valence-electron chi connectivity index (χ3n) is 7.90. The zero-order chi connectivity index (χ0) is 28.5. The Morgan fingerprint density at radius 3 is 1.45 bits per heavy atom. The molecule has 6 aromatic rings. The van der Waals surface area contributed by atoms with E-state index < -0.39 is 0 Å². The number of methoxy groups -OCH3 is 2. The topological polar surface area (TPSA) is 54.1 Å². The maximum atomic E-state index is 5.81. The summed E-state index contributed by atoms with van der Waals surface area (Å²) in [7, 11) is 3.45. The van der Waals surface area contributed by atoms with Crippen LogP contribution >= 0.6 is 0 Å². The van der Waals surface area contributed by atoms with Crippen LogP contribution in [0.1, 0.15) is 33.4 Å². The first-order valence-corrected chi connectivity index (χ1v) is 13.9. The van der Waals surface area contributed by atoms with Crippen molar-refractivity contribution in [2.24, 2.45) is 0 Å². The highest BCUT2D eigenvalue weighted by atomic mass is 16.5. The van der Waals surface area contributed by atoms with Crippen molar-refractivity contribution in [3.63, 3.8) is 0 Å². The highest BCUT2D eigenvalue weighted by Crippen LogP contribution is 2.49. The van der Waals surface area contributed by atoms with Crippen LogP contribution in [0.2, 0.25) is 0 Å². The van der Waals surface area contributed by atoms with Gasteiger partial charge in [-0.25, -0.2) is 9.97 Å². The Morgan fingerprint density at radius 1 is 0.595 bits per heavy atom. The molecule has 206 valence electrons. The summed E-state index contributed by atoms with van der Waals surface area (Å²) in [5, 5.41) is 0. The van der Waals surface area contributed by atoms with Gasteiger partial charge in [0, 0.05) is 35.9 Å². The predicted molar refractivity (Wildman–Crippen MR) is 166 cm³/mol. The molecule has 0 atom stereocenters. The molecule has 0 N–H and O–H groups in total. The van der Waals surface area contributed by atoms with E-state index in [1.165, 1.54) is 27.8 Å². The Labute approximate surface area is 245 Å². The molecule has 4 aromatic carbocycles. The molecule has 2 heterocycles. The highest BCUT2D eigenvalue weighted by Gasteiger charge is 2.27. The summed E-state index contributed by atoms with van der Waals surface area (Å²) >= 11 is 0. The van der Waals surface area contributed by atoms with Crippen molar-refractivity contribution in [2.45, 2.75) is 13.1 Å². The Balaban J connectivity index is 1.50. The Bertz CT molecular complexity index is 1770. The maximum absolute atomic E-state index is 5.81. The number of nitrogens with zero attached hydrogens (tertiary/aromatic N) is 4. The fourth-order valence-corrected chi connectivity index (χ4v) is 6.01. The van der Waals surface area contributed by atoms with Crippen LogP contribution in [0.25, 0.3) is 22.3 Å². The number of ether oxygens (including phenoxy) is 2. The van der Waals surface area contributed by atoms with Gasteiger partial charge in [-0.1, -0.05) is 60.7 Å². The summed E-state index contributed by atoms with van der Waals surface area (Å²) in [4.78, 5) is 8.49. The van der Waals surface area contributed by atoms with Crippen LogP contribution in [-0.2, 0) is 13.1 Å². The van der Waals surface area contributed by atoms with Crippen molar-refractivity contribution in [3.8, 4) is 22.6 Å². The lowest BCUT2D eigenvalue weighted by Gasteiger charge is -2.19. The smallest absolute Gasteiger partial charge is 0.123 e. The van der Waals surface area contributed by atoms with Crippen LogP contribution in [-0.4, -0.2) is 33.3 Å². The van der Waals surface area contributed by atoms with Gasteiger partial charge in [-0.2, -0.15) is 0 Å². The van der Waals surface area contributed by atoms with Crippen molar-refractivity contribution in [3.05, 3.63) is 156 Å². The number of rotatable bonds is 8. The molecular weight excluding hydrogens is 520 g/mol. The molecule has 6 nitrogen and oxygen atoms in total. The van der Waals surface area contributed by atoms with Gasteiger partial charge in [0.2, 0.25) is 0 Å². The Morgan fingerprint density at radius 2 is 1.05 bits per heavy atom. The summed E-state index contributed by atoms with van der Waals surface area (Å²) < 4.78 is 15.7. The number of hydrogen-bond acceptors (Lipinski definition) is 4. The minimum absolute atomic E-state index is 0.654. The predicted octanol–water partition coefficient (Wildman–Crippen LogP) is 7.18. The van der Waals surface area contributed by atoms with Gasteiger partial charge in [0.15, 0.2) is 0 Å². The largest absolute Gasteiger partial charge is 0.496 e. The summed E-state index contributed by atoms with van der Waals surface area (Å²) in [5.74, 6) is 1.69. The second kappa shape index (κ2) is 10.9. The van der Waals surface area contributed by atoms with E-state index in [-0.39, 0.29) is 0 Å². The van der Waals surface area contributed by atoms with Gasteiger partial charge >= 0.3 is 0 Å². The minimum Gasteiger partial charge on any atom is -0.496 e. The molecular formula is C36H30N4O2. The highest BCUT2D eigenvalue weighted by molar-refractivity contribution is 6.13. The van der Waals surface area contributed by atoms with Gasteiger partial charge in [0.1, 0.15) is 11.5 Å². The van der Waals surface area contributed by atoms with E-state index in [0.717, 1.165) is 39.3 Å². The SMILES string of the molecule is COc1ccc(C(=C2c3ccccc3-c3ccccc32)c2ccc(OC)c(Cn3ccnc3)c2)cc1Cn1ccnc1. The molecule has 7 rings (SSSR count). The molecule has 0 spiro atoms. The number of aromatic nitrogens is 4. The van der Waals surface area contributed by atoms with Gasteiger partial charge in [-0.05, 0) is 68.8 Å². The third kappa shape index (κ3) is 4.57. The van der Waals surface area contributed by atoms with Gasteiger partial charge in [-0.15, -0.1) is 0 Å². The van der Waals surface area contributed by atoms with Gasteiger partial charge in [0.25, 0.3) is 0 Å². The van der Waals surface area contributed by atoms with Crippen molar-refractivity contribution >= 4 is 11.1 Å². The quantitative estimate of drug-likeness (QED) is 0.201. The molecule has 0 saturated heterocycles. The van der Waals surface area contributed by atoms with E-state index >= 15 is 0 Å². The minimum atomic E-state index is 0.654. The second-order valence-corrected chi connectivity index (χ2v) is 10.4. The molecule has 0 saturated carbocycles. The molecule has 1 aliphatic carbocycles. The van der Waals surface area contributed by atoms with E-state index in [1.807, 2.05) is 25.0 Å². The molecule has 1 aliphatic rings. The zero-order valence-electron chi connectivity index (χ0n) is 23.6. The second-order valence-electron chi connectivity index (χ2n) is 10.4. The first kappa shape index (κ1) is 25.6. The number of fused-ring (bicyclic) bond motifs is 3. The molecule has 6 heteroatoms. The molecule has 42 heavy (non-hydrogen) atoms. The fourth-order valence-electron chi connectivity index (χ4n) is 6.01. The van der Waals surface area contributed by atoms with Crippen molar-refractivity contribution in [1.29, 1.82) is 0 Å². The van der Waals surface area contributed by atoms with Gasteiger partial charge in [0.05, 0.1) is 40.0 Å². The van der Waals surface area contributed by atoms with Crippen LogP contribution in [0.5, 0.6) is 11.5 Å². The molecule has 0 bridgehead atoms. The molecule has 0 unspecified atom stereocenters. The molecule has 0 amide bonds. The lowest BCUT2D eigenvalue weighted by molar-refractivity contribution is 0.408. The first-order chi connectivity index (χ1) is 20.7. The Hall–Kier alpha value is -5.36. The van der Waals surface area contributed by atoms with Crippen LogP contribution in [0.4, 0.5) is 0 Å². The standard InChI is InChI=1S/C36H30N4O2/c1-41-33-13-11-25(19-27(33)21-39-17-15-37-23-39)35(26-12-14-34(42-2)28(20-26)22-40-18-16-38-24-40)36-31-9-5-3-7-29(31)30-8-4-6-10-32(30)36/h3-20,23-24H,21-22H2,1-2H3. The van der Waals surface area contributed by atoms with Crippen molar-refractivity contribution in [1.82, 2.24) is 19.1 Å². The van der Waals surface area contributed by atoms with Crippen LogP contribution in [0.3, 0.4) is 0 Å². The van der Waals surface area contributed by atoms with Gasteiger partial charge < -0.3 is 18.6 Å². The van der Waals surface area contributed by atoms with E-state index in [2.05, 4.69) is 104 Å². The average Bonchev–Trinajstić information content (AvgIpc) is 3.80. The van der Waals surface area contributed by atoms with E-state index in [4.69, 9.17) is 9.47 Å². The maximum Gasteiger partial charge on any atom is 0.123 e. The zero-order valence-corrected chi connectivity index (χ0v) is 23.6. The number of hydrogen-bond donors (Lipinski definition) is 0. The summed E-state index contributed by atoms with van der Waals surface area (Å²) in [6.07, 6.45) is 11.2. The lowest BCUT2D eigenvalue weighted by Crippen LogP contribution is -2.04. The Kier molecular flexibility index (Phi) is 6.64. The number of imidazole rings is 2. The molecule has 0 radical (unpaired) electrons. The van der Waals surface area contributed by atoms with E-state index in [1.54, 1.807) is 26.6 Å². The normalized spacial score (nSPS) is 11.7. The first-order valence-electron chi connectivity index (χ1n) is 13.9.